The molecule has 0 bridgehead atoms. The van der Waals surface area contributed by atoms with Gasteiger partial charge in [-0.25, -0.2) is 4.79 Å². The van der Waals surface area contributed by atoms with Crippen LogP contribution in [0, 0.1) is 0 Å². The van der Waals surface area contributed by atoms with Gasteiger partial charge in [0.25, 0.3) is 5.91 Å². The lowest BCUT2D eigenvalue weighted by molar-refractivity contribution is 0.0505. The van der Waals surface area contributed by atoms with E-state index in [4.69, 9.17) is 4.74 Å². The number of anilines is 1. The van der Waals surface area contributed by atoms with Crippen LogP contribution >= 0.6 is 11.3 Å². The monoisotopic (exact) mass is 428 g/mol. The van der Waals surface area contributed by atoms with Gasteiger partial charge in [-0.15, -0.1) is 11.3 Å². The normalized spacial score (nSPS) is 15.4. The maximum atomic E-state index is 13.0. The summed E-state index contributed by atoms with van der Waals surface area (Å²) in [6, 6.07) is 3.46. The van der Waals surface area contributed by atoms with Crippen LogP contribution < -0.4 is 5.32 Å². The van der Waals surface area contributed by atoms with Crippen LogP contribution in [0.3, 0.4) is 0 Å². The molecule has 1 amide bonds. The number of hydrogen-bond acceptors (Lipinski definition) is 5. The first kappa shape index (κ1) is 22.5. The zero-order chi connectivity index (χ0) is 21.2. The van der Waals surface area contributed by atoms with E-state index >= 15 is 0 Å². The number of nitrogens with zero attached hydrogens (tertiary/aromatic N) is 1. The number of carbonyl (C=O) groups excluding carboxylic acids is 2. The van der Waals surface area contributed by atoms with Crippen molar-refractivity contribution in [1.82, 2.24) is 4.98 Å². The number of carbonyl (C=O) groups is 2. The molecule has 1 aliphatic carbocycles. The van der Waals surface area contributed by atoms with E-state index in [1.54, 1.807) is 29.7 Å². The van der Waals surface area contributed by atoms with Gasteiger partial charge in [0.1, 0.15) is 5.00 Å². The van der Waals surface area contributed by atoms with Crippen molar-refractivity contribution < 1.29 is 14.3 Å². The summed E-state index contributed by atoms with van der Waals surface area (Å²) in [6.45, 7) is 2.37. The first-order valence-electron chi connectivity index (χ1n) is 11.2. The summed E-state index contributed by atoms with van der Waals surface area (Å²) >= 11 is 1.54. The number of aryl methyl sites for hydroxylation is 1. The third-order valence-corrected chi connectivity index (χ3v) is 6.67. The number of ether oxygens (including phenoxy) is 1. The van der Waals surface area contributed by atoms with Crippen molar-refractivity contribution >= 4 is 28.2 Å². The van der Waals surface area contributed by atoms with Gasteiger partial charge in [0.05, 0.1) is 17.7 Å². The van der Waals surface area contributed by atoms with Crippen LogP contribution in [0.2, 0.25) is 0 Å². The Morgan fingerprint density at radius 3 is 2.43 bits per heavy atom. The van der Waals surface area contributed by atoms with E-state index in [1.807, 2.05) is 6.92 Å². The van der Waals surface area contributed by atoms with Crippen molar-refractivity contribution in [2.24, 2.45) is 0 Å². The van der Waals surface area contributed by atoms with E-state index < -0.39 is 0 Å². The lowest BCUT2D eigenvalue weighted by atomic mass is 9.97. The first-order valence-corrected chi connectivity index (χ1v) is 12.1. The van der Waals surface area contributed by atoms with Crippen molar-refractivity contribution in [3.8, 4) is 0 Å². The molecule has 0 unspecified atom stereocenters. The minimum atomic E-state index is -0.317. The molecule has 0 atom stereocenters. The highest BCUT2D eigenvalue weighted by Gasteiger charge is 2.26. The van der Waals surface area contributed by atoms with Crippen molar-refractivity contribution in [2.45, 2.75) is 77.6 Å². The molecule has 1 N–H and O–H groups in total. The largest absolute Gasteiger partial charge is 0.462 e. The molecule has 30 heavy (non-hydrogen) atoms. The molecule has 162 valence electrons. The van der Waals surface area contributed by atoms with Crippen molar-refractivity contribution in [3.05, 3.63) is 46.1 Å². The van der Waals surface area contributed by atoms with Gasteiger partial charge in [-0.3, -0.25) is 9.78 Å². The van der Waals surface area contributed by atoms with Crippen molar-refractivity contribution in [2.75, 3.05) is 11.9 Å². The second-order valence-corrected chi connectivity index (χ2v) is 8.97. The van der Waals surface area contributed by atoms with Crippen molar-refractivity contribution in [3.63, 3.8) is 0 Å². The van der Waals surface area contributed by atoms with Gasteiger partial charge in [0, 0.05) is 17.3 Å². The predicted molar refractivity (Wildman–Crippen MR) is 121 cm³/mol. The van der Waals surface area contributed by atoms with Crippen LogP contribution in [0.4, 0.5) is 5.00 Å². The number of esters is 1. The molecule has 2 aromatic heterocycles. The molecule has 2 aromatic rings. The van der Waals surface area contributed by atoms with Gasteiger partial charge < -0.3 is 10.1 Å². The van der Waals surface area contributed by atoms with Crippen LogP contribution in [0.25, 0.3) is 0 Å². The fourth-order valence-electron chi connectivity index (χ4n) is 3.87. The molecular weight excluding hydrogens is 396 g/mol. The molecular formula is C24H32N2O3S. The summed E-state index contributed by atoms with van der Waals surface area (Å²) in [4.78, 5) is 31.0. The molecule has 5 nitrogen and oxygen atoms in total. The summed E-state index contributed by atoms with van der Waals surface area (Å²) in [5.41, 5.74) is 2.13. The molecule has 0 spiro atoms. The molecule has 3 rings (SSSR count). The first-order chi connectivity index (χ1) is 14.7. The predicted octanol–water partition coefficient (Wildman–Crippen LogP) is 6.18. The summed E-state index contributed by atoms with van der Waals surface area (Å²) in [5.74, 6) is -0.562. The topological polar surface area (TPSA) is 68.3 Å². The van der Waals surface area contributed by atoms with Gasteiger partial charge in [-0.05, 0) is 49.8 Å². The van der Waals surface area contributed by atoms with Crippen LogP contribution in [-0.2, 0) is 17.6 Å². The second-order valence-electron chi connectivity index (χ2n) is 7.87. The molecule has 0 radical (unpaired) electrons. The fourth-order valence-corrected chi connectivity index (χ4v) is 5.14. The van der Waals surface area contributed by atoms with Crippen molar-refractivity contribution in [1.29, 1.82) is 0 Å². The third kappa shape index (κ3) is 6.14. The zero-order valence-electron chi connectivity index (χ0n) is 17.9. The second kappa shape index (κ2) is 11.8. The molecule has 0 saturated carbocycles. The summed E-state index contributed by atoms with van der Waals surface area (Å²) in [6.07, 6.45) is 15.5. The minimum absolute atomic E-state index is 0.245. The van der Waals surface area contributed by atoms with E-state index in [2.05, 4.69) is 10.3 Å². The van der Waals surface area contributed by atoms with Gasteiger partial charge in [0.15, 0.2) is 0 Å². The van der Waals surface area contributed by atoms with E-state index in [9.17, 15) is 9.59 Å². The van der Waals surface area contributed by atoms with Gasteiger partial charge in [-0.1, -0.05) is 45.4 Å². The molecule has 1 aliphatic rings. The Bertz CT molecular complexity index is 832. The molecule has 6 heteroatoms. The SMILES string of the molecule is CCCOC(=O)c1c(NC(=O)c2cccnc2)sc2c1CCCCCCCCCC2. The Hall–Kier alpha value is -2.21. The number of rotatable bonds is 5. The molecule has 0 aliphatic heterocycles. The number of nitrogens with one attached hydrogen (secondary N) is 1. The van der Waals surface area contributed by atoms with E-state index in [0.29, 0.717) is 22.7 Å². The minimum Gasteiger partial charge on any atom is -0.462 e. The number of aromatic nitrogens is 1. The Labute approximate surface area is 183 Å². The van der Waals surface area contributed by atoms with Gasteiger partial charge in [-0.2, -0.15) is 0 Å². The highest BCUT2D eigenvalue weighted by Crippen LogP contribution is 2.37. The number of amides is 1. The summed E-state index contributed by atoms with van der Waals surface area (Å²) in [7, 11) is 0. The Balaban J connectivity index is 1.91. The summed E-state index contributed by atoms with van der Waals surface area (Å²) in [5, 5.41) is 3.59. The van der Waals surface area contributed by atoms with Gasteiger partial charge in [0.2, 0.25) is 0 Å². The average Bonchev–Trinajstić information content (AvgIpc) is 3.09. The van der Waals surface area contributed by atoms with E-state index in [1.165, 1.54) is 49.6 Å². The third-order valence-electron chi connectivity index (χ3n) is 5.46. The molecule has 0 fully saturated rings. The quantitative estimate of drug-likeness (QED) is 0.577. The van der Waals surface area contributed by atoms with Crippen LogP contribution in [0.1, 0.15) is 95.9 Å². The molecule has 0 saturated heterocycles. The fraction of sp³-hybridized carbons (Fsp3) is 0.542. The highest BCUT2D eigenvalue weighted by atomic mass is 32.1. The lowest BCUT2D eigenvalue weighted by Gasteiger charge is -2.11. The Morgan fingerprint density at radius 1 is 1.07 bits per heavy atom. The van der Waals surface area contributed by atoms with E-state index in [-0.39, 0.29) is 11.9 Å². The maximum Gasteiger partial charge on any atom is 0.341 e. The average molecular weight is 429 g/mol. The van der Waals surface area contributed by atoms with Crippen LogP contribution in [0.5, 0.6) is 0 Å². The Morgan fingerprint density at radius 2 is 1.77 bits per heavy atom. The summed E-state index contributed by atoms with van der Waals surface area (Å²) < 4.78 is 5.51. The maximum absolute atomic E-state index is 13.0. The molecule has 2 heterocycles. The highest BCUT2D eigenvalue weighted by molar-refractivity contribution is 7.17. The van der Waals surface area contributed by atoms with Crippen LogP contribution in [0.15, 0.2) is 24.5 Å². The van der Waals surface area contributed by atoms with Gasteiger partial charge >= 0.3 is 5.97 Å². The molecule has 0 aromatic carbocycles. The number of pyridine rings is 1. The number of fused-ring (bicyclic) bond motifs is 1. The number of hydrogen-bond donors (Lipinski definition) is 1. The standard InChI is InChI=1S/C24H32N2O3S/c1-2-16-29-24(28)21-19-13-9-7-5-3-4-6-8-10-14-20(19)30-23(21)26-22(27)18-12-11-15-25-17-18/h11-12,15,17H,2-10,13-14,16H2,1H3,(H,26,27). The Kier molecular flexibility index (Phi) is 8.87. The lowest BCUT2D eigenvalue weighted by Crippen LogP contribution is -2.15. The smallest absolute Gasteiger partial charge is 0.341 e. The zero-order valence-corrected chi connectivity index (χ0v) is 18.7. The van der Waals surface area contributed by atoms with Crippen LogP contribution in [-0.4, -0.2) is 23.5 Å². The number of thiophene rings is 1. The van der Waals surface area contributed by atoms with E-state index in [0.717, 1.165) is 37.7 Å².